The highest BCUT2D eigenvalue weighted by molar-refractivity contribution is 7.90. The molecule has 0 aliphatic rings. The van der Waals surface area contributed by atoms with Gasteiger partial charge >= 0.3 is 0 Å². The summed E-state index contributed by atoms with van der Waals surface area (Å²) in [7, 11) is -3.36. The highest BCUT2D eigenvalue weighted by Gasteiger charge is 2.15. The van der Waals surface area contributed by atoms with E-state index >= 15 is 0 Å². The molecule has 16 heavy (non-hydrogen) atoms. The summed E-state index contributed by atoms with van der Waals surface area (Å²) in [6, 6.07) is 5.51. The predicted molar refractivity (Wildman–Crippen MR) is 61.8 cm³/mol. The molecule has 5 nitrogen and oxygen atoms in total. The van der Waals surface area contributed by atoms with E-state index in [1.54, 1.807) is 12.1 Å². The number of benzene rings is 1. The normalized spacial score (nSPS) is 13.2. The molecule has 0 heterocycles. The molecule has 1 aromatic carbocycles. The highest BCUT2D eigenvalue weighted by atomic mass is 32.2. The van der Waals surface area contributed by atoms with Gasteiger partial charge < -0.3 is 11.1 Å². The average molecular weight is 242 g/mol. The van der Waals surface area contributed by atoms with Crippen LogP contribution in [0.15, 0.2) is 29.2 Å². The molecule has 0 aromatic heterocycles. The molecule has 1 aromatic rings. The third-order valence-corrected chi connectivity index (χ3v) is 3.11. The van der Waals surface area contributed by atoms with Crippen molar-refractivity contribution >= 4 is 21.4 Å². The summed E-state index contributed by atoms with van der Waals surface area (Å²) in [4.78, 5) is 11.4. The minimum absolute atomic E-state index is 0.0870. The van der Waals surface area contributed by atoms with E-state index < -0.39 is 21.8 Å². The second kappa shape index (κ2) is 4.63. The monoisotopic (exact) mass is 242 g/mol. The Bertz CT molecular complexity index is 495. The van der Waals surface area contributed by atoms with E-state index in [2.05, 4.69) is 5.32 Å². The molecule has 6 heteroatoms. The van der Waals surface area contributed by atoms with Gasteiger partial charge in [-0.05, 0) is 19.1 Å². The van der Waals surface area contributed by atoms with Crippen molar-refractivity contribution in [2.24, 2.45) is 5.73 Å². The van der Waals surface area contributed by atoms with Gasteiger partial charge in [-0.1, -0.05) is 12.1 Å². The summed E-state index contributed by atoms with van der Waals surface area (Å²) in [5.41, 5.74) is 5.64. The second-order valence-corrected chi connectivity index (χ2v) is 5.53. The molecule has 0 saturated heterocycles. The lowest BCUT2D eigenvalue weighted by Gasteiger charge is -2.11. The van der Waals surface area contributed by atoms with Gasteiger partial charge in [-0.3, -0.25) is 4.79 Å². The summed E-state index contributed by atoms with van der Waals surface area (Å²) in [5.74, 6) is -0.420. The molecule has 1 rings (SSSR count). The number of sulfone groups is 1. The smallest absolute Gasteiger partial charge is 0.241 e. The summed E-state index contributed by atoms with van der Waals surface area (Å²) in [5, 5.41) is 2.47. The van der Waals surface area contributed by atoms with Gasteiger partial charge in [0.25, 0.3) is 0 Å². The number of carbonyl (C=O) groups is 1. The molecule has 0 radical (unpaired) electrons. The molecule has 1 atom stereocenters. The first-order chi connectivity index (χ1) is 7.32. The maximum Gasteiger partial charge on any atom is 0.241 e. The van der Waals surface area contributed by atoms with E-state index in [0.29, 0.717) is 0 Å². The number of hydrogen-bond donors (Lipinski definition) is 2. The number of anilines is 1. The summed E-state index contributed by atoms with van der Waals surface area (Å²) >= 11 is 0. The Balaban J connectivity index is 3.11. The molecular weight excluding hydrogens is 228 g/mol. The number of hydrogen-bond acceptors (Lipinski definition) is 4. The highest BCUT2D eigenvalue weighted by Crippen LogP contribution is 2.20. The SMILES string of the molecule is C[C@@H](N)C(=O)Nc1ccccc1S(C)(=O)=O. The lowest BCUT2D eigenvalue weighted by Crippen LogP contribution is -2.32. The largest absolute Gasteiger partial charge is 0.324 e. The molecular formula is C10H14N2O3S. The minimum atomic E-state index is -3.36. The standard InChI is InChI=1S/C10H14N2O3S/c1-7(11)10(13)12-8-5-3-4-6-9(8)16(2,14)15/h3-7H,11H2,1-2H3,(H,12,13)/t7-/m1/s1. The van der Waals surface area contributed by atoms with Crippen LogP contribution < -0.4 is 11.1 Å². The fraction of sp³-hybridized carbons (Fsp3) is 0.300. The molecule has 0 aliphatic carbocycles. The van der Waals surface area contributed by atoms with Gasteiger partial charge in [-0.15, -0.1) is 0 Å². The van der Waals surface area contributed by atoms with Crippen LogP contribution >= 0.6 is 0 Å². The Morgan fingerprint density at radius 1 is 1.38 bits per heavy atom. The Morgan fingerprint density at radius 2 is 1.94 bits per heavy atom. The molecule has 0 saturated carbocycles. The predicted octanol–water partition coefficient (Wildman–Crippen LogP) is 0.376. The second-order valence-electron chi connectivity index (χ2n) is 3.55. The maximum atomic E-state index is 11.4. The van der Waals surface area contributed by atoms with E-state index in [0.717, 1.165) is 6.26 Å². The lowest BCUT2D eigenvalue weighted by atomic mass is 10.3. The first-order valence-electron chi connectivity index (χ1n) is 4.68. The minimum Gasteiger partial charge on any atom is -0.324 e. The van der Waals surface area contributed by atoms with Crippen molar-refractivity contribution in [1.82, 2.24) is 0 Å². The zero-order valence-electron chi connectivity index (χ0n) is 9.10. The average Bonchev–Trinajstić information content (AvgIpc) is 2.16. The first kappa shape index (κ1) is 12.7. The van der Waals surface area contributed by atoms with Crippen molar-refractivity contribution in [3.05, 3.63) is 24.3 Å². The number of carbonyl (C=O) groups excluding carboxylic acids is 1. The maximum absolute atomic E-state index is 11.4. The van der Waals surface area contributed by atoms with Gasteiger partial charge in [0.2, 0.25) is 5.91 Å². The van der Waals surface area contributed by atoms with Crippen LogP contribution in [0, 0.1) is 0 Å². The number of nitrogens with one attached hydrogen (secondary N) is 1. The fourth-order valence-electron chi connectivity index (χ4n) is 1.14. The van der Waals surface area contributed by atoms with Crippen LogP contribution in [0.2, 0.25) is 0 Å². The van der Waals surface area contributed by atoms with Crippen LogP contribution in [0.4, 0.5) is 5.69 Å². The molecule has 3 N–H and O–H groups in total. The van der Waals surface area contributed by atoms with Gasteiger partial charge in [-0.25, -0.2) is 8.42 Å². The van der Waals surface area contributed by atoms with E-state index in [-0.39, 0.29) is 10.6 Å². The summed E-state index contributed by atoms with van der Waals surface area (Å²) < 4.78 is 22.8. The Kier molecular flexibility index (Phi) is 3.66. The van der Waals surface area contributed by atoms with Crippen LogP contribution in [0.1, 0.15) is 6.92 Å². The Hall–Kier alpha value is -1.40. The zero-order chi connectivity index (χ0) is 12.3. The molecule has 0 aliphatic heterocycles. The molecule has 0 unspecified atom stereocenters. The number of amides is 1. The molecule has 88 valence electrons. The first-order valence-corrected chi connectivity index (χ1v) is 6.57. The Morgan fingerprint density at radius 3 is 2.44 bits per heavy atom. The van der Waals surface area contributed by atoms with E-state index in [9.17, 15) is 13.2 Å². The number of para-hydroxylation sites is 1. The topological polar surface area (TPSA) is 89.3 Å². The van der Waals surface area contributed by atoms with Crippen LogP contribution in [0.25, 0.3) is 0 Å². The van der Waals surface area contributed by atoms with E-state index in [1.165, 1.54) is 19.1 Å². The summed E-state index contributed by atoms with van der Waals surface area (Å²) in [6.07, 6.45) is 1.09. The lowest BCUT2D eigenvalue weighted by molar-refractivity contribution is -0.117. The third kappa shape index (κ3) is 3.04. The van der Waals surface area contributed by atoms with Gasteiger partial charge in [0.15, 0.2) is 9.84 Å². The van der Waals surface area contributed by atoms with Crippen molar-refractivity contribution < 1.29 is 13.2 Å². The zero-order valence-corrected chi connectivity index (χ0v) is 9.91. The molecule has 0 spiro atoms. The fourth-order valence-corrected chi connectivity index (χ4v) is 1.98. The summed E-state index contributed by atoms with van der Waals surface area (Å²) in [6.45, 7) is 1.53. The Labute approximate surface area is 94.6 Å². The van der Waals surface area contributed by atoms with Crippen molar-refractivity contribution in [2.75, 3.05) is 11.6 Å². The van der Waals surface area contributed by atoms with Crippen molar-refractivity contribution in [3.8, 4) is 0 Å². The van der Waals surface area contributed by atoms with Crippen molar-refractivity contribution in [3.63, 3.8) is 0 Å². The molecule has 0 bridgehead atoms. The van der Waals surface area contributed by atoms with Gasteiger partial charge in [0.1, 0.15) is 0 Å². The number of nitrogens with two attached hydrogens (primary N) is 1. The van der Waals surface area contributed by atoms with Crippen LogP contribution in [-0.2, 0) is 14.6 Å². The van der Waals surface area contributed by atoms with Crippen molar-refractivity contribution in [2.45, 2.75) is 17.9 Å². The van der Waals surface area contributed by atoms with E-state index in [4.69, 9.17) is 5.73 Å². The van der Waals surface area contributed by atoms with Crippen LogP contribution in [0.5, 0.6) is 0 Å². The van der Waals surface area contributed by atoms with Gasteiger partial charge in [0.05, 0.1) is 16.6 Å². The number of rotatable bonds is 3. The molecule has 0 fully saturated rings. The van der Waals surface area contributed by atoms with Gasteiger partial charge in [0, 0.05) is 6.26 Å². The van der Waals surface area contributed by atoms with Crippen LogP contribution in [-0.4, -0.2) is 26.6 Å². The van der Waals surface area contributed by atoms with Crippen LogP contribution in [0.3, 0.4) is 0 Å². The molecule has 1 amide bonds. The van der Waals surface area contributed by atoms with Gasteiger partial charge in [-0.2, -0.15) is 0 Å². The third-order valence-electron chi connectivity index (χ3n) is 1.96. The van der Waals surface area contributed by atoms with Crippen molar-refractivity contribution in [1.29, 1.82) is 0 Å². The van der Waals surface area contributed by atoms with E-state index in [1.807, 2.05) is 0 Å². The quantitative estimate of drug-likeness (QED) is 0.801.